The summed E-state index contributed by atoms with van der Waals surface area (Å²) in [6.45, 7) is 8.93. The van der Waals surface area contributed by atoms with E-state index in [0.717, 1.165) is 72.9 Å². The van der Waals surface area contributed by atoms with Gasteiger partial charge < -0.3 is 18.9 Å². The van der Waals surface area contributed by atoms with Gasteiger partial charge in [0.15, 0.2) is 0 Å². The van der Waals surface area contributed by atoms with Crippen molar-refractivity contribution < 1.29 is 9.47 Å². The third-order valence-electron chi connectivity index (χ3n) is 6.10. The molecule has 1 aromatic heterocycles. The van der Waals surface area contributed by atoms with Crippen LogP contribution in [0.25, 0.3) is 22.2 Å². The molecule has 0 bridgehead atoms. The van der Waals surface area contributed by atoms with Crippen molar-refractivity contribution in [2.45, 2.75) is 13.5 Å². The molecule has 1 fully saturated rings. The standard InChI is InChI=1S/C25H30N4O2/c1-4-29-24-17-21(30-3)9-10-22(24)23(18-26)25(29)19-5-7-20(8-6-19)31-16-15-28-13-11-27(2)12-14-28/h5-10,17H,4,11-16H2,1-3H3. The number of rotatable bonds is 7. The minimum absolute atomic E-state index is 0.682. The molecule has 1 aliphatic heterocycles. The van der Waals surface area contributed by atoms with Crippen LogP contribution < -0.4 is 9.47 Å². The Morgan fingerprint density at radius 3 is 2.35 bits per heavy atom. The van der Waals surface area contributed by atoms with E-state index in [2.05, 4.69) is 34.4 Å². The molecule has 0 unspecified atom stereocenters. The van der Waals surface area contributed by atoms with Gasteiger partial charge in [0.2, 0.25) is 0 Å². The molecule has 0 N–H and O–H groups in total. The monoisotopic (exact) mass is 418 g/mol. The van der Waals surface area contributed by atoms with E-state index in [-0.39, 0.29) is 0 Å². The van der Waals surface area contributed by atoms with Crippen molar-refractivity contribution in [2.75, 3.05) is 53.5 Å². The fourth-order valence-electron chi connectivity index (χ4n) is 4.27. The first-order chi connectivity index (χ1) is 15.1. The minimum atomic E-state index is 0.682. The number of nitrogens with zero attached hydrogens (tertiary/aromatic N) is 4. The van der Waals surface area contributed by atoms with Gasteiger partial charge in [-0.2, -0.15) is 5.26 Å². The molecule has 1 saturated heterocycles. The molecule has 0 radical (unpaired) electrons. The fraction of sp³-hybridized carbons (Fsp3) is 0.400. The first-order valence-corrected chi connectivity index (χ1v) is 10.9. The lowest BCUT2D eigenvalue weighted by Gasteiger charge is -2.32. The van der Waals surface area contributed by atoms with Gasteiger partial charge >= 0.3 is 0 Å². The predicted molar refractivity (Wildman–Crippen MR) is 124 cm³/mol. The molecule has 2 heterocycles. The van der Waals surface area contributed by atoms with Crippen molar-refractivity contribution in [1.82, 2.24) is 14.4 Å². The Kier molecular flexibility index (Phi) is 6.45. The Labute approximate surface area is 184 Å². The van der Waals surface area contributed by atoms with E-state index >= 15 is 0 Å². The van der Waals surface area contributed by atoms with Crippen LogP contribution in [0.2, 0.25) is 0 Å². The molecule has 4 rings (SSSR count). The molecular weight excluding hydrogens is 388 g/mol. The third-order valence-corrected chi connectivity index (χ3v) is 6.10. The average Bonchev–Trinajstić information content (AvgIpc) is 3.13. The summed E-state index contributed by atoms with van der Waals surface area (Å²) in [7, 11) is 3.83. The van der Waals surface area contributed by atoms with Gasteiger partial charge in [-0.3, -0.25) is 4.90 Å². The van der Waals surface area contributed by atoms with Crippen LogP contribution in [0.3, 0.4) is 0 Å². The van der Waals surface area contributed by atoms with Gasteiger partial charge in [-0.1, -0.05) is 0 Å². The van der Waals surface area contributed by atoms with Gasteiger partial charge in [-0.25, -0.2) is 0 Å². The Balaban J connectivity index is 1.53. The second-order valence-corrected chi connectivity index (χ2v) is 7.98. The number of benzene rings is 2. The molecule has 1 aliphatic rings. The molecule has 2 aromatic carbocycles. The third kappa shape index (κ3) is 4.39. The number of methoxy groups -OCH3 is 1. The van der Waals surface area contributed by atoms with Gasteiger partial charge in [0.05, 0.1) is 23.9 Å². The van der Waals surface area contributed by atoms with Crippen LogP contribution in [-0.2, 0) is 6.54 Å². The highest BCUT2D eigenvalue weighted by Crippen LogP contribution is 2.35. The lowest BCUT2D eigenvalue weighted by molar-refractivity contribution is 0.134. The Bertz CT molecular complexity index is 1070. The Morgan fingerprint density at radius 2 is 1.71 bits per heavy atom. The van der Waals surface area contributed by atoms with Crippen LogP contribution in [0.15, 0.2) is 42.5 Å². The van der Waals surface area contributed by atoms with Gasteiger partial charge in [-0.15, -0.1) is 0 Å². The summed E-state index contributed by atoms with van der Waals surface area (Å²) in [5, 5.41) is 10.8. The number of ether oxygens (including phenoxy) is 2. The number of hydrogen-bond acceptors (Lipinski definition) is 5. The van der Waals surface area contributed by atoms with E-state index < -0.39 is 0 Å². The molecule has 6 heteroatoms. The second kappa shape index (κ2) is 9.42. The Hall–Kier alpha value is -3.01. The highest BCUT2D eigenvalue weighted by atomic mass is 16.5. The SMILES string of the molecule is CCn1c(-c2ccc(OCCN3CCN(C)CC3)cc2)c(C#N)c2ccc(OC)cc21. The summed E-state index contributed by atoms with van der Waals surface area (Å²) in [4.78, 5) is 4.80. The lowest BCUT2D eigenvalue weighted by atomic mass is 10.1. The molecule has 0 amide bonds. The quantitative estimate of drug-likeness (QED) is 0.584. The molecule has 31 heavy (non-hydrogen) atoms. The van der Waals surface area contributed by atoms with Crippen LogP contribution in [-0.4, -0.2) is 67.9 Å². The van der Waals surface area contributed by atoms with E-state index in [0.29, 0.717) is 12.2 Å². The van der Waals surface area contributed by atoms with Crippen molar-refractivity contribution in [3.05, 3.63) is 48.0 Å². The van der Waals surface area contributed by atoms with Gasteiger partial charge in [0.1, 0.15) is 24.2 Å². The van der Waals surface area contributed by atoms with Crippen molar-refractivity contribution in [2.24, 2.45) is 0 Å². The molecule has 162 valence electrons. The molecular formula is C25H30N4O2. The molecule has 0 aliphatic carbocycles. The first-order valence-electron chi connectivity index (χ1n) is 10.9. The van der Waals surface area contributed by atoms with E-state index in [4.69, 9.17) is 9.47 Å². The Morgan fingerprint density at radius 1 is 1.00 bits per heavy atom. The van der Waals surface area contributed by atoms with Crippen molar-refractivity contribution in [3.8, 4) is 28.8 Å². The number of hydrogen-bond donors (Lipinski definition) is 0. The highest BCUT2D eigenvalue weighted by Gasteiger charge is 2.19. The number of piperazine rings is 1. The zero-order valence-corrected chi connectivity index (χ0v) is 18.6. The summed E-state index contributed by atoms with van der Waals surface area (Å²) in [5.74, 6) is 1.65. The second-order valence-electron chi connectivity index (χ2n) is 7.98. The van der Waals surface area contributed by atoms with Crippen molar-refractivity contribution in [3.63, 3.8) is 0 Å². The zero-order valence-electron chi connectivity index (χ0n) is 18.6. The number of aromatic nitrogens is 1. The van der Waals surface area contributed by atoms with Crippen molar-refractivity contribution >= 4 is 10.9 Å². The van der Waals surface area contributed by atoms with E-state index in [1.165, 1.54) is 0 Å². The van der Waals surface area contributed by atoms with E-state index in [1.807, 2.05) is 42.5 Å². The maximum Gasteiger partial charge on any atom is 0.120 e. The van der Waals surface area contributed by atoms with Gasteiger partial charge in [0, 0.05) is 50.7 Å². The van der Waals surface area contributed by atoms with E-state index in [1.54, 1.807) is 7.11 Å². The predicted octanol–water partition coefficient (Wildman–Crippen LogP) is 3.83. The van der Waals surface area contributed by atoms with Crippen molar-refractivity contribution in [1.29, 1.82) is 5.26 Å². The summed E-state index contributed by atoms with van der Waals surface area (Å²) in [6.07, 6.45) is 0. The van der Waals surface area contributed by atoms with Crippen LogP contribution in [0.4, 0.5) is 0 Å². The minimum Gasteiger partial charge on any atom is -0.497 e. The lowest BCUT2D eigenvalue weighted by Crippen LogP contribution is -2.45. The number of fused-ring (bicyclic) bond motifs is 1. The smallest absolute Gasteiger partial charge is 0.120 e. The molecule has 0 atom stereocenters. The summed E-state index contributed by atoms with van der Waals surface area (Å²) < 4.78 is 13.6. The van der Waals surface area contributed by atoms with E-state index in [9.17, 15) is 5.26 Å². The molecule has 6 nitrogen and oxygen atoms in total. The van der Waals surface area contributed by atoms with Crippen LogP contribution in [0.1, 0.15) is 12.5 Å². The average molecular weight is 419 g/mol. The zero-order chi connectivity index (χ0) is 21.8. The fourth-order valence-corrected chi connectivity index (χ4v) is 4.27. The highest BCUT2D eigenvalue weighted by molar-refractivity contribution is 5.95. The molecule has 0 saturated carbocycles. The molecule has 0 spiro atoms. The molecule has 3 aromatic rings. The van der Waals surface area contributed by atoms with Gasteiger partial charge in [-0.05, 0) is 55.9 Å². The maximum atomic E-state index is 9.90. The topological polar surface area (TPSA) is 53.7 Å². The number of likely N-dealkylation sites (N-methyl/N-ethyl adjacent to an activating group) is 1. The van der Waals surface area contributed by atoms with Gasteiger partial charge in [0.25, 0.3) is 0 Å². The summed E-state index contributed by atoms with van der Waals surface area (Å²) in [6, 6.07) is 16.4. The number of nitriles is 1. The van der Waals surface area contributed by atoms with Crippen LogP contribution in [0.5, 0.6) is 11.5 Å². The number of aryl methyl sites for hydroxylation is 1. The normalized spacial score (nSPS) is 15.2. The summed E-state index contributed by atoms with van der Waals surface area (Å²) >= 11 is 0. The summed E-state index contributed by atoms with van der Waals surface area (Å²) in [5.41, 5.74) is 3.67. The van der Waals surface area contributed by atoms with Crippen LogP contribution >= 0.6 is 0 Å². The maximum absolute atomic E-state index is 9.90. The largest absolute Gasteiger partial charge is 0.497 e. The van der Waals surface area contributed by atoms with Crippen LogP contribution in [0, 0.1) is 11.3 Å². The first kappa shape index (κ1) is 21.2.